The number of hydrogen-bond acceptors (Lipinski definition) is 3. The lowest BCUT2D eigenvalue weighted by Gasteiger charge is -2.21. The maximum atomic E-state index is 11.9. The summed E-state index contributed by atoms with van der Waals surface area (Å²) in [7, 11) is 5.28. The van der Waals surface area contributed by atoms with Gasteiger partial charge in [0.1, 0.15) is 6.54 Å². The molecule has 0 bridgehead atoms. The maximum Gasteiger partial charge on any atom is 0.243 e. The molecule has 6 heteroatoms. The van der Waals surface area contributed by atoms with E-state index in [-0.39, 0.29) is 12.5 Å². The molecule has 0 heterocycles. The highest BCUT2D eigenvalue weighted by Gasteiger charge is 2.41. The molecule has 1 amide bonds. The van der Waals surface area contributed by atoms with Crippen molar-refractivity contribution in [1.29, 1.82) is 0 Å². The van der Waals surface area contributed by atoms with E-state index in [9.17, 15) is 4.79 Å². The lowest BCUT2D eigenvalue weighted by molar-refractivity contribution is -0.127. The summed E-state index contributed by atoms with van der Waals surface area (Å²) in [4.78, 5) is 18.0. The van der Waals surface area contributed by atoms with Gasteiger partial charge in [-0.3, -0.25) is 4.79 Å². The average Bonchev–Trinajstić information content (AvgIpc) is 3.41. The number of nitrogens with zero attached hydrogens (tertiary/aromatic N) is 2. The smallest absolute Gasteiger partial charge is 0.243 e. The number of unbranched alkanes of at least 4 members (excludes halogenated alkanes) is 1. The third kappa shape index (κ3) is 8.88. The zero-order valence-electron chi connectivity index (χ0n) is 17.6. The fourth-order valence-electron chi connectivity index (χ4n) is 2.93. The van der Waals surface area contributed by atoms with Crippen LogP contribution in [0.15, 0.2) is 4.99 Å². The van der Waals surface area contributed by atoms with E-state index in [1.807, 2.05) is 0 Å². The van der Waals surface area contributed by atoms with Crippen molar-refractivity contribution in [3.63, 3.8) is 0 Å². The summed E-state index contributed by atoms with van der Waals surface area (Å²) in [6.07, 6.45) is 8.45. The molecule has 0 aromatic rings. The first-order valence-electron chi connectivity index (χ1n) is 10.2. The van der Waals surface area contributed by atoms with Gasteiger partial charge in [0.15, 0.2) is 5.96 Å². The number of methoxy groups -OCH3 is 1. The van der Waals surface area contributed by atoms with Crippen molar-refractivity contribution >= 4 is 11.9 Å². The molecule has 0 aliphatic heterocycles. The molecule has 152 valence electrons. The maximum absolute atomic E-state index is 11.9. The molecule has 0 saturated heterocycles. The van der Waals surface area contributed by atoms with Gasteiger partial charge in [-0.2, -0.15) is 0 Å². The molecule has 1 aliphatic rings. The Morgan fingerprint density at radius 2 is 2.00 bits per heavy atom. The van der Waals surface area contributed by atoms with Gasteiger partial charge in [-0.15, -0.1) is 0 Å². The van der Waals surface area contributed by atoms with Crippen molar-refractivity contribution in [2.45, 2.75) is 58.8 Å². The van der Waals surface area contributed by atoms with Gasteiger partial charge >= 0.3 is 0 Å². The number of carbonyl (C=O) groups excluding carboxylic acids is 1. The van der Waals surface area contributed by atoms with E-state index >= 15 is 0 Å². The Morgan fingerprint density at radius 3 is 2.54 bits per heavy atom. The topological polar surface area (TPSA) is 66.0 Å². The van der Waals surface area contributed by atoms with Crippen LogP contribution in [0.5, 0.6) is 0 Å². The summed E-state index contributed by atoms with van der Waals surface area (Å²) < 4.78 is 5.24. The number of rotatable bonds is 13. The van der Waals surface area contributed by atoms with E-state index in [1.54, 1.807) is 26.1 Å². The minimum absolute atomic E-state index is 0.0182. The zero-order valence-corrected chi connectivity index (χ0v) is 17.6. The zero-order chi connectivity index (χ0) is 19.4. The van der Waals surface area contributed by atoms with Gasteiger partial charge in [0.2, 0.25) is 5.91 Å². The van der Waals surface area contributed by atoms with Crippen LogP contribution in [0.25, 0.3) is 0 Å². The minimum Gasteiger partial charge on any atom is -0.385 e. The van der Waals surface area contributed by atoms with Crippen LogP contribution in [0.2, 0.25) is 0 Å². The molecule has 0 aromatic heterocycles. The SMILES string of the molecule is CCCCC(CC)CNC(=NCC(=O)N(C)C)NCC1(CCOC)CC1. The van der Waals surface area contributed by atoms with Crippen LogP contribution < -0.4 is 10.6 Å². The van der Waals surface area contributed by atoms with Gasteiger partial charge in [0.25, 0.3) is 0 Å². The molecular formula is C20H40N4O2. The molecule has 0 spiro atoms. The fraction of sp³-hybridized carbons (Fsp3) is 0.900. The highest BCUT2D eigenvalue weighted by molar-refractivity contribution is 5.84. The number of hydrogen-bond donors (Lipinski definition) is 2. The van der Waals surface area contributed by atoms with E-state index in [1.165, 1.54) is 32.1 Å². The molecule has 1 aliphatic carbocycles. The largest absolute Gasteiger partial charge is 0.385 e. The lowest BCUT2D eigenvalue weighted by Crippen LogP contribution is -2.43. The van der Waals surface area contributed by atoms with Gasteiger partial charge in [-0.05, 0) is 37.0 Å². The monoisotopic (exact) mass is 368 g/mol. The standard InChI is InChI=1S/C20H40N4O2/c1-6-8-9-17(7-2)14-21-19(22-15-18(25)24(3)4)23-16-20(10-11-20)12-13-26-5/h17H,6-16H2,1-5H3,(H2,21,22,23). The van der Waals surface area contributed by atoms with Crippen molar-refractivity contribution in [3.8, 4) is 0 Å². The lowest BCUT2D eigenvalue weighted by atomic mass is 9.99. The Bertz CT molecular complexity index is 434. The summed E-state index contributed by atoms with van der Waals surface area (Å²) >= 11 is 0. The number of ether oxygens (including phenoxy) is 1. The molecule has 26 heavy (non-hydrogen) atoms. The van der Waals surface area contributed by atoms with Crippen LogP contribution in [0.3, 0.4) is 0 Å². The van der Waals surface area contributed by atoms with Crippen molar-refractivity contribution < 1.29 is 9.53 Å². The van der Waals surface area contributed by atoms with Crippen LogP contribution >= 0.6 is 0 Å². The molecule has 2 N–H and O–H groups in total. The average molecular weight is 369 g/mol. The van der Waals surface area contributed by atoms with Crippen molar-refractivity contribution in [2.24, 2.45) is 16.3 Å². The van der Waals surface area contributed by atoms with Crippen molar-refractivity contribution in [1.82, 2.24) is 15.5 Å². The van der Waals surface area contributed by atoms with Crippen LogP contribution in [0.4, 0.5) is 0 Å². The molecule has 0 aromatic carbocycles. The summed E-state index contributed by atoms with van der Waals surface area (Å²) in [6, 6.07) is 0. The van der Waals surface area contributed by atoms with Crippen molar-refractivity contribution in [3.05, 3.63) is 0 Å². The first-order chi connectivity index (χ1) is 12.5. The van der Waals surface area contributed by atoms with Crippen LogP contribution in [-0.4, -0.2) is 64.2 Å². The molecular weight excluding hydrogens is 328 g/mol. The number of amides is 1. The Labute approximate surface area is 160 Å². The second-order valence-corrected chi connectivity index (χ2v) is 7.85. The van der Waals surface area contributed by atoms with E-state index in [2.05, 4.69) is 29.5 Å². The second-order valence-electron chi connectivity index (χ2n) is 7.85. The molecule has 1 rings (SSSR count). The van der Waals surface area contributed by atoms with Crippen LogP contribution in [-0.2, 0) is 9.53 Å². The number of likely N-dealkylation sites (N-methyl/N-ethyl adjacent to an activating group) is 1. The second kappa shape index (κ2) is 12.2. The van der Waals surface area contributed by atoms with Gasteiger partial charge in [0.05, 0.1) is 0 Å². The normalized spacial score (nSPS) is 16.9. The molecule has 0 radical (unpaired) electrons. The Hall–Kier alpha value is -1.30. The minimum atomic E-state index is 0.0182. The summed E-state index contributed by atoms with van der Waals surface area (Å²) in [5.74, 6) is 1.43. The Kier molecular flexibility index (Phi) is 10.6. The summed E-state index contributed by atoms with van der Waals surface area (Å²) in [5, 5.41) is 6.94. The summed E-state index contributed by atoms with van der Waals surface area (Å²) in [6.45, 7) is 7.25. The Balaban J connectivity index is 2.57. The van der Waals surface area contributed by atoms with Crippen molar-refractivity contribution in [2.75, 3.05) is 47.4 Å². The molecule has 6 nitrogen and oxygen atoms in total. The first kappa shape index (κ1) is 22.7. The van der Waals surface area contributed by atoms with Crippen LogP contribution in [0, 0.1) is 11.3 Å². The summed E-state index contributed by atoms with van der Waals surface area (Å²) in [5.41, 5.74) is 0.344. The van der Waals surface area contributed by atoms with E-state index in [0.29, 0.717) is 11.3 Å². The number of nitrogens with one attached hydrogen (secondary N) is 2. The Morgan fingerprint density at radius 1 is 1.27 bits per heavy atom. The van der Waals surface area contributed by atoms with E-state index < -0.39 is 0 Å². The molecule has 1 saturated carbocycles. The number of carbonyl (C=O) groups is 1. The van der Waals surface area contributed by atoms with E-state index in [0.717, 1.165) is 38.5 Å². The fourth-order valence-corrected chi connectivity index (χ4v) is 2.93. The van der Waals surface area contributed by atoms with Gasteiger partial charge in [-0.25, -0.2) is 4.99 Å². The van der Waals surface area contributed by atoms with Gasteiger partial charge < -0.3 is 20.3 Å². The van der Waals surface area contributed by atoms with Gasteiger partial charge in [0, 0.05) is 40.9 Å². The highest BCUT2D eigenvalue weighted by Crippen LogP contribution is 2.48. The van der Waals surface area contributed by atoms with E-state index in [4.69, 9.17) is 4.74 Å². The molecule has 1 atom stereocenters. The third-order valence-corrected chi connectivity index (χ3v) is 5.40. The molecule has 1 fully saturated rings. The predicted molar refractivity (Wildman–Crippen MR) is 108 cm³/mol. The predicted octanol–water partition coefficient (Wildman–Crippen LogP) is 2.64. The van der Waals surface area contributed by atoms with Gasteiger partial charge in [-0.1, -0.05) is 33.1 Å². The third-order valence-electron chi connectivity index (χ3n) is 5.40. The quantitative estimate of drug-likeness (QED) is 0.387. The van der Waals surface area contributed by atoms with Crippen LogP contribution in [0.1, 0.15) is 58.8 Å². The number of aliphatic imine (C=N–C) groups is 1. The number of guanidine groups is 1. The first-order valence-corrected chi connectivity index (χ1v) is 10.2. The highest BCUT2D eigenvalue weighted by atomic mass is 16.5. The molecule has 1 unspecified atom stereocenters.